The first-order valence-corrected chi connectivity index (χ1v) is 7.89. The molecule has 0 radical (unpaired) electrons. The molecule has 3 rings (SSSR count). The van der Waals surface area contributed by atoms with E-state index in [1.807, 2.05) is 25.1 Å². The minimum absolute atomic E-state index is 0.0940. The average Bonchev–Trinajstić information content (AvgIpc) is 3.01. The molecule has 1 aromatic rings. The van der Waals surface area contributed by atoms with Crippen LogP contribution in [0.2, 0.25) is 0 Å². The number of benzene rings is 1. The van der Waals surface area contributed by atoms with Gasteiger partial charge < -0.3 is 19.5 Å². The molecule has 1 aromatic carbocycles. The highest BCUT2D eigenvalue weighted by Crippen LogP contribution is 2.32. The Hall–Kier alpha value is -2.05. The van der Waals surface area contributed by atoms with E-state index in [2.05, 4.69) is 10.2 Å². The molecule has 6 nitrogen and oxygen atoms in total. The van der Waals surface area contributed by atoms with Gasteiger partial charge in [0.2, 0.25) is 12.7 Å². The van der Waals surface area contributed by atoms with Crippen molar-refractivity contribution in [3.8, 4) is 11.5 Å². The molecule has 0 unspecified atom stereocenters. The maximum absolute atomic E-state index is 12.0. The largest absolute Gasteiger partial charge is 0.454 e. The number of nitrogens with one attached hydrogen (secondary N) is 1. The lowest BCUT2D eigenvalue weighted by Crippen LogP contribution is -2.45. The molecule has 0 aromatic heterocycles. The van der Waals surface area contributed by atoms with Crippen molar-refractivity contribution in [2.75, 3.05) is 39.6 Å². The fraction of sp³-hybridized carbons (Fsp3) is 0.471. The average molecular weight is 318 g/mol. The van der Waals surface area contributed by atoms with Crippen molar-refractivity contribution in [2.45, 2.75) is 13.0 Å². The minimum atomic E-state index is -0.0940. The Kier molecular flexibility index (Phi) is 5.15. The van der Waals surface area contributed by atoms with Gasteiger partial charge in [-0.1, -0.05) is 6.07 Å². The highest BCUT2D eigenvalue weighted by atomic mass is 16.7. The number of morpholine rings is 1. The molecule has 6 heteroatoms. The second-order valence-corrected chi connectivity index (χ2v) is 5.77. The summed E-state index contributed by atoms with van der Waals surface area (Å²) >= 11 is 0. The first kappa shape index (κ1) is 15.8. The van der Waals surface area contributed by atoms with Gasteiger partial charge in [-0.25, -0.2) is 0 Å². The third kappa shape index (κ3) is 4.46. The molecule has 2 heterocycles. The number of rotatable bonds is 5. The van der Waals surface area contributed by atoms with Crippen LogP contribution in [-0.4, -0.2) is 56.5 Å². The van der Waals surface area contributed by atoms with Crippen LogP contribution in [0.3, 0.4) is 0 Å². The minimum Gasteiger partial charge on any atom is -0.454 e. The van der Waals surface area contributed by atoms with E-state index >= 15 is 0 Å². The van der Waals surface area contributed by atoms with E-state index < -0.39 is 0 Å². The fourth-order valence-electron chi connectivity index (χ4n) is 2.70. The number of ether oxygens (including phenoxy) is 3. The molecule has 0 aliphatic carbocycles. The summed E-state index contributed by atoms with van der Waals surface area (Å²) in [5, 5.41) is 2.99. The molecule has 1 saturated heterocycles. The number of hydrogen-bond donors (Lipinski definition) is 1. The SMILES string of the molecule is C[C@H](CN1CCOCC1)NC(=O)/C=C/c1ccc2c(c1)OCO2. The second kappa shape index (κ2) is 7.48. The number of carbonyl (C=O) groups is 1. The Morgan fingerprint density at radius 1 is 1.30 bits per heavy atom. The zero-order chi connectivity index (χ0) is 16.1. The Morgan fingerprint density at radius 3 is 2.91 bits per heavy atom. The molecule has 1 amide bonds. The van der Waals surface area contributed by atoms with E-state index in [4.69, 9.17) is 14.2 Å². The van der Waals surface area contributed by atoms with E-state index in [9.17, 15) is 4.79 Å². The molecule has 1 N–H and O–H groups in total. The smallest absolute Gasteiger partial charge is 0.244 e. The van der Waals surface area contributed by atoms with Gasteiger partial charge in [-0.2, -0.15) is 0 Å². The van der Waals surface area contributed by atoms with Crippen LogP contribution >= 0.6 is 0 Å². The van der Waals surface area contributed by atoms with Crippen molar-refractivity contribution in [1.29, 1.82) is 0 Å². The van der Waals surface area contributed by atoms with Crippen molar-refractivity contribution in [3.63, 3.8) is 0 Å². The number of hydrogen-bond acceptors (Lipinski definition) is 5. The van der Waals surface area contributed by atoms with E-state index in [-0.39, 0.29) is 18.7 Å². The zero-order valence-electron chi connectivity index (χ0n) is 13.3. The van der Waals surface area contributed by atoms with Gasteiger partial charge >= 0.3 is 0 Å². The summed E-state index contributed by atoms with van der Waals surface area (Å²) in [7, 11) is 0. The Bertz CT molecular complexity index is 582. The fourth-order valence-corrected chi connectivity index (χ4v) is 2.70. The van der Waals surface area contributed by atoms with E-state index in [1.54, 1.807) is 12.2 Å². The van der Waals surface area contributed by atoms with Gasteiger partial charge in [0.15, 0.2) is 11.5 Å². The van der Waals surface area contributed by atoms with Gasteiger partial charge in [-0.05, 0) is 30.7 Å². The summed E-state index contributed by atoms with van der Waals surface area (Å²) in [5.74, 6) is 1.36. The van der Waals surface area contributed by atoms with Crippen molar-refractivity contribution < 1.29 is 19.0 Å². The van der Waals surface area contributed by atoms with Gasteiger partial charge in [0.1, 0.15) is 0 Å². The molecule has 1 atom stereocenters. The summed E-state index contributed by atoms with van der Waals surface area (Å²) < 4.78 is 15.9. The molecule has 2 aliphatic heterocycles. The van der Waals surface area contributed by atoms with E-state index in [0.29, 0.717) is 5.75 Å². The van der Waals surface area contributed by atoms with Crippen LogP contribution in [0.5, 0.6) is 11.5 Å². The quantitative estimate of drug-likeness (QED) is 0.829. The first-order chi connectivity index (χ1) is 11.2. The molecule has 1 fully saturated rings. The lowest BCUT2D eigenvalue weighted by atomic mass is 10.2. The highest BCUT2D eigenvalue weighted by Gasteiger charge is 2.15. The Labute approximate surface area is 136 Å². The summed E-state index contributed by atoms with van der Waals surface area (Å²) in [6.07, 6.45) is 3.33. The van der Waals surface area contributed by atoms with Crippen molar-refractivity contribution >= 4 is 12.0 Å². The highest BCUT2D eigenvalue weighted by molar-refractivity contribution is 5.92. The van der Waals surface area contributed by atoms with Crippen LogP contribution in [0.1, 0.15) is 12.5 Å². The van der Waals surface area contributed by atoms with Crippen molar-refractivity contribution in [2.24, 2.45) is 0 Å². The molecular weight excluding hydrogens is 296 g/mol. The lowest BCUT2D eigenvalue weighted by Gasteiger charge is -2.29. The Morgan fingerprint density at radius 2 is 2.09 bits per heavy atom. The van der Waals surface area contributed by atoms with Crippen LogP contribution in [0, 0.1) is 0 Å². The number of nitrogens with zero attached hydrogens (tertiary/aromatic N) is 1. The van der Waals surface area contributed by atoms with E-state index in [0.717, 1.165) is 44.2 Å². The molecule has 0 saturated carbocycles. The van der Waals surface area contributed by atoms with Crippen LogP contribution in [0.15, 0.2) is 24.3 Å². The third-order valence-electron chi connectivity index (χ3n) is 3.85. The van der Waals surface area contributed by atoms with Gasteiger partial charge in [0.05, 0.1) is 13.2 Å². The van der Waals surface area contributed by atoms with Gasteiger partial charge in [-0.15, -0.1) is 0 Å². The number of fused-ring (bicyclic) bond motifs is 1. The summed E-state index contributed by atoms with van der Waals surface area (Å²) in [6, 6.07) is 5.71. The van der Waals surface area contributed by atoms with Gasteiger partial charge in [0, 0.05) is 31.8 Å². The summed E-state index contributed by atoms with van der Waals surface area (Å²) in [4.78, 5) is 14.3. The summed E-state index contributed by atoms with van der Waals surface area (Å²) in [5.41, 5.74) is 0.908. The van der Waals surface area contributed by atoms with Gasteiger partial charge in [0.25, 0.3) is 0 Å². The second-order valence-electron chi connectivity index (χ2n) is 5.77. The van der Waals surface area contributed by atoms with Crippen LogP contribution in [-0.2, 0) is 9.53 Å². The molecule has 2 aliphatic rings. The lowest BCUT2D eigenvalue weighted by molar-refractivity contribution is -0.117. The standard InChI is InChI=1S/C17H22N2O4/c1-13(11-19-6-8-21-9-7-19)18-17(20)5-3-14-2-4-15-16(10-14)23-12-22-15/h2-5,10,13H,6-9,11-12H2,1H3,(H,18,20)/b5-3+/t13-/m1/s1. The van der Waals surface area contributed by atoms with Crippen molar-refractivity contribution in [1.82, 2.24) is 10.2 Å². The third-order valence-corrected chi connectivity index (χ3v) is 3.85. The first-order valence-electron chi connectivity index (χ1n) is 7.89. The zero-order valence-corrected chi connectivity index (χ0v) is 13.3. The van der Waals surface area contributed by atoms with Crippen LogP contribution < -0.4 is 14.8 Å². The van der Waals surface area contributed by atoms with Crippen LogP contribution in [0.4, 0.5) is 0 Å². The Balaban J connectivity index is 1.48. The van der Waals surface area contributed by atoms with Crippen molar-refractivity contribution in [3.05, 3.63) is 29.8 Å². The normalized spacial score (nSPS) is 19.0. The number of carbonyl (C=O) groups excluding carboxylic acids is 1. The maximum Gasteiger partial charge on any atom is 0.244 e. The monoisotopic (exact) mass is 318 g/mol. The summed E-state index contributed by atoms with van der Waals surface area (Å²) in [6.45, 7) is 6.49. The van der Waals surface area contributed by atoms with Crippen LogP contribution in [0.25, 0.3) is 6.08 Å². The molecule has 23 heavy (non-hydrogen) atoms. The molecule has 0 spiro atoms. The maximum atomic E-state index is 12.0. The molecule has 124 valence electrons. The predicted octanol–water partition coefficient (Wildman–Crippen LogP) is 1.27. The number of amides is 1. The topological polar surface area (TPSA) is 60.0 Å². The molecular formula is C17H22N2O4. The predicted molar refractivity (Wildman–Crippen MR) is 86.5 cm³/mol. The molecule has 0 bridgehead atoms. The van der Waals surface area contributed by atoms with Gasteiger partial charge in [-0.3, -0.25) is 9.69 Å². The van der Waals surface area contributed by atoms with E-state index in [1.165, 1.54) is 0 Å².